The van der Waals surface area contributed by atoms with Gasteiger partial charge in [0.05, 0.1) is 4.92 Å². The van der Waals surface area contributed by atoms with Gasteiger partial charge in [0.2, 0.25) is 5.89 Å². The Hall–Kier alpha value is -3.53. The molecule has 0 aliphatic carbocycles. The Bertz CT molecular complexity index is 1020. The second-order valence-corrected chi connectivity index (χ2v) is 6.14. The zero-order valence-corrected chi connectivity index (χ0v) is 14.2. The van der Waals surface area contributed by atoms with E-state index in [1.165, 1.54) is 54.6 Å². The summed E-state index contributed by atoms with van der Waals surface area (Å²) < 4.78 is 18.4. The summed E-state index contributed by atoms with van der Waals surface area (Å²) in [5.74, 6) is -1.51. The van der Waals surface area contributed by atoms with Gasteiger partial charge in [-0.15, -0.1) is 10.2 Å². The Morgan fingerprint density at radius 1 is 1.15 bits per heavy atom. The average molecular weight is 387 g/mol. The number of hydrogen-bond acceptors (Lipinski definition) is 7. The second kappa shape index (κ2) is 7.79. The highest BCUT2D eigenvalue weighted by molar-refractivity contribution is 8.03. The van der Waals surface area contributed by atoms with Gasteiger partial charge in [-0.05, 0) is 59.8 Å². The zero-order chi connectivity index (χ0) is 19.4. The summed E-state index contributed by atoms with van der Waals surface area (Å²) in [4.78, 5) is 21.5. The smallest absolute Gasteiger partial charge is 0.342 e. The standard InChI is InChI=1S/C17H10FN3O5S/c18-12-5-3-11(4-6-12)15-19-20-17(26-15)27-14(16(22)23)9-10-1-7-13(8-2-10)21(24)25/h1-9H,(H,22,23)/b14-9-. The van der Waals surface area contributed by atoms with E-state index in [-0.39, 0.29) is 21.7 Å². The topological polar surface area (TPSA) is 119 Å². The summed E-state index contributed by atoms with van der Waals surface area (Å²) in [6, 6.07) is 10.8. The Kier molecular flexibility index (Phi) is 5.27. The number of nitro benzene ring substituents is 1. The first kappa shape index (κ1) is 18.3. The number of carbonyl (C=O) groups is 1. The summed E-state index contributed by atoms with van der Waals surface area (Å²) in [5, 5.41) is 27.6. The number of nitro groups is 1. The molecule has 0 aliphatic heterocycles. The molecule has 0 aliphatic rings. The molecule has 136 valence electrons. The van der Waals surface area contributed by atoms with Crippen LogP contribution in [0.5, 0.6) is 0 Å². The van der Waals surface area contributed by atoms with Crippen LogP contribution in [-0.2, 0) is 4.79 Å². The van der Waals surface area contributed by atoms with Gasteiger partial charge >= 0.3 is 5.97 Å². The molecule has 8 nitrogen and oxygen atoms in total. The van der Waals surface area contributed by atoms with Crippen LogP contribution in [0.3, 0.4) is 0 Å². The maximum atomic E-state index is 13.0. The highest BCUT2D eigenvalue weighted by Crippen LogP contribution is 2.30. The number of carboxylic acids is 1. The first-order valence-electron chi connectivity index (χ1n) is 7.39. The van der Waals surface area contributed by atoms with Crippen molar-refractivity contribution in [1.82, 2.24) is 10.2 Å². The molecule has 3 aromatic rings. The van der Waals surface area contributed by atoms with Crippen LogP contribution < -0.4 is 0 Å². The van der Waals surface area contributed by atoms with E-state index in [1.54, 1.807) is 0 Å². The van der Waals surface area contributed by atoms with Gasteiger partial charge in [-0.25, -0.2) is 9.18 Å². The number of non-ortho nitro benzene ring substituents is 1. The lowest BCUT2D eigenvalue weighted by Gasteiger charge is -1.99. The molecule has 1 heterocycles. The molecule has 0 bridgehead atoms. The normalized spacial score (nSPS) is 11.4. The molecule has 0 fully saturated rings. The van der Waals surface area contributed by atoms with E-state index in [9.17, 15) is 24.4 Å². The third-order valence-electron chi connectivity index (χ3n) is 3.31. The lowest BCUT2D eigenvalue weighted by Crippen LogP contribution is -1.97. The second-order valence-electron chi connectivity index (χ2n) is 5.14. The summed E-state index contributed by atoms with van der Waals surface area (Å²) >= 11 is 0.734. The fraction of sp³-hybridized carbons (Fsp3) is 0. The minimum Gasteiger partial charge on any atom is -0.477 e. The van der Waals surface area contributed by atoms with Crippen molar-refractivity contribution in [3.05, 3.63) is 74.9 Å². The van der Waals surface area contributed by atoms with Gasteiger partial charge in [0, 0.05) is 17.7 Å². The summed E-state index contributed by atoms with van der Waals surface area (Å²) in [6.07, 6.45) is 1.33. The molecule has 2 aromatic carbocycles. The van der Waals surface area contributed by atoms with E-state index in [4.69, 9.17) is 4.42 Å². The molecule has 27 heavy (non-hydrogen) atoms. The first-order valence-corrected chi connectivity index (χ1v) is 8.21. The van der Waals surface area contributed by atoms with Crippen LogP contribution >= 0.6 is 11.8 Å². The largest absolute Gasteiger partial charge is 0.477 e. The minimum absolute atomic E-state index is 0.00936. The van der Waals surface area contributed by atoms with Crippen LogP contribution in [0.2, 0.25) is 0 Å². The fourth-order valence-corrected chi connectivity index (χ4v) is 2.71. The Balaban J connectivity index is 1.81. The minimum atomic E-state index is -1.22. The fourth-order valence-electron chi connectivity index (χ4n) is 2.03. The summed E-state index contributed by atoms with van der Waals surface area (Å²) in [5.41, 5.74) is 0.855. The van der Waals surface area contributed by atoms with Gasteiger partial charge in [-0.1, -0.05) is 0 Å². The third kappa shape index (κ3) is 4.55. The molecular weight excluding hydrogens is 377 g/mol. The molecular formula is C17H10FN3O5S. The van der Waals surface area contributed by atoms with Crippen molar-refractivity contribution in [2.45, 2.75) is 5.22 Å². The monoisotopic (exact) mass is 387 g/mol. The van der Waals surface area contributed by atoms with Gasteiger partial charge in [-0.3, -0.25) is 10.1 Å². The molecule has 10 heteroatoms. The maximum Gasteiger partial charge on any atom is 0.342 e. The lowest BCUT2D eigenvalue weighted by atomic mass is 10.2. The van der Waals surface area contributed by atoms with Gasteiger partial charge in [-0.2, -0.15) is 0 Å². The van der Waals surface area contributed by atoms with Gasteiger partial charge in [0.15, 0.2) is 0 Å². The molecule has 0 radical (unpaired) electrons. The number of halogens is 1. The van der Waals surface area contributed by atoms with Crippen LogP contribution in [0.15, 0.2) is 63.1 Å². The van der Waals surface area contributed by atoms with Crippen molar-refractivity contribution in [3.63, 3.8) is 0 Å². The molecule has 1 aromatic heterocycles. The Morgan fingerprint density at radius 2 is 1.81 bits per heavy atom. The summed E-state index contributed by atoms with van der Waals surface area (Å²) in [6.45, 7) is 0. The highest BCUT2D eigenvalue weighted by atomic mass is 32.2. The van der Waals surface area contributed by atoms with Crippen LogP contribution in [0.4, 0.5) is 10.1 Å². The molecule has 0 atom stereocenters. The van der Waals surface area contributed by atoms with Crippen LogP contribution in [0, 0.1) is 15.9 Å². The molecule has 3 rings (SSSR count). The number of aliphatic carboxylic acids is 1. The number of aromatic nitrogens is 2. The van der Waals surface area contributed by atoms with E-state index >= 15 is 0 Å². The molecule has 1 N–H and O–H groups in total. The van der Waals surface area contributed by atoms with Gasteiger partial charge in [0.1, 0.15) is 10.7 Å². The van der Waals surface area contributed by atoms with Crippen LogP contribution in [-0.4, -0.2) is 26.2 Å². The van der Waals surface area contributed by atoms with Crippen molar-refractivity contribution in [2.24, 2.45) is 0 Å². The molecule has 0 saturated heterocycles. The van der Waals surface area contributed by atoms with E-state index in [0.29, 0.717) is 11.1 Å². The number of nitrogens with zero attached hydrogens (tertiary/aromatic N) is 3. The van der Waals surface area contributed by atoms with E-state index < -0.39 is 16.7 Å². The van der Waals surface area contributed by atoms with Crippen molar-refractivity contribution >= 4 is 29.5 Å². The number of rotatable bonds is 6. The lowest BCUT2D eigenvalue weighted by molar-refractivity contribution is -0.384. The number of hydrogen-bond donors (Lipinski definition) is 1. The SMILES string of the molecule is O=C(O)/C(=C/c1ccc([N+](=O)[O-])cc1)Sc1nnc(-c2ccc(F)cc2)o1. The Morgan fingerprint density at radius 3 is 2.41 bits per heavy atom. The predicted molar refractivity (Wildman–Crippen MR) is 94.3 cm³/mol. The molecule has 0 spiro atoms. The van der Waals surface area contributed by atoms with Crippen molar-refractivity contribution < 1.29 is 23.6 Å². The third-order valence-corrected chi connectivity index (χ3v) is 4.16. The molecule has 0 unspecified atom stereocenters. The van der Waals surface area contributed by atoms with Gasteiger partial charge < -0.3 is 9.52 Å². The average Bonchev–Trinajstić information content (AvgIpc) is 3.10. The van der Waals surface area contributed by atoms with E-state index in [0.717, 1.165) is 11.8 Å². The number of thioether (sulfide) groups is 1. The van der Waals surface area contributed by atoms with Gasteiger partial charge in [0.25, 0.3) is 10.9 Å². The van der Waals surface area contributed by atoms with Crippen molar-refractivity contribution in [3.8, 4) is 11.5 Å². The maximum absolute atomic E-state index is 13.0. The van der Waals surface area contributed by atoms with E-state index in [2.05, 4.69) is 10.2 Å². The van der Waals surface area contributed by atoms with Crippen molar-refractivity contribution in [2.75, 3.05) is 0 Å². The predicted octanol–water partition coefficient (Wildman–Crippen LogP) is 4.00. The van der Waals surface area contributed by atoms with Crippen LogP contribution in [0.1, 0.15) is 5.56 Å². The van der Waals surface area contributed by atoms with Crippen LogP contribution in [0.25, 0.3) is 17.5 Å². The zero-order valence-electron chi connectivity index (χ0n) is 13.4. The summed E-state index contributed by atoms with van der Waals surface area (Å²) in [7, 11) is 0. The van der Waals surface area contributed by atoms with E-state index in [1.807, 2.05) is 0 Å². The number of carboxylic acid groups (broad SMARTS) is 1. The quantitative estimate of drug-likeness (QED) is 0.292. The highest BCUT2D eigenvalue weighted by Gasteiger charge is 2.16. The number of benzene rings is 2. The molecule has 0 saturated carbocycles. The Labute approximate surface area is 155 Å². The first-order chi connectivity index (χ1) is 12.9. The molecule has 0 amide bonds. The van der Waals surface area contributed by atoms with Crippen molar-refractivity contribution in [1.29, 1.82) is 0 Å².